The number of anilines is 1. The quantitative estimate of drug-likeness (QED) is 0.726. The van der Waals surface area contributed by atoms with Crippen LogP contribution in [-0.2, 0) is 4.79 Å². The molecule has 140 valence electrons. The first-order valence-electron chi connectivity index (χ1n) is 9.07. The van der Waals surface area contributed by atoms with Crippen LogP contribution in [0.5, 0.6) is 0 Å². The first-order valence-corrected chi connectivity index (χ1v) is 9.83. The number of benzene rings is 1. The van der Waals surface area contributed by atoms with E-state index in [4.69, 9.17) is 23.2 Å². The molecule has 1 atom stereocenters. The normalized spacial score (nSPS) is 18.0. The van der Waals surface area contributed by atoms with E-state index in [1.165, 1.54) is 19.3 Å². The fourth-order valence-corrected chi connectivity index (χ4v) is 3.87. The summed E-state index contributed by atoms with van der Waals surface area (Å²) in [6, 6.07) is 7.65. The van der Waals surface area contributed by atoms with Crippen LogP contribution < -0.4 is 5.32 Å². The number of nitrogens with one attached hydrogen (secondary N) is 2. The molecule has 2 N–H and O–H groups in total. The highest BCUT2D eigenvalue weighted by molar-refractivity contribution is 6.36. The molecule has 0 saturated carbocycles. The van der Waals surface area contributed by atoms with Gasteiger partial charge >= 0.3 is 0 Å². The van der Waals surface area contributed by atoms with Crippen LogP contribution in [0.1, 0.15) is 39.0 Å². The van der Waals surface area contributed by atoms with Crippen molar-refractivity contribution >= 4 is 34.9 Å². The van der Waals surface area contributed by atoms with Crippen LogP contribution in [0, 0.1) is 0 Å². The lowest BCUT2D eigenvalue weighted by Crippen LogP contribution is -2.38. The summed E-state index contributed by atoms with van der Waals surface area (Å²) in [5.74, 6) is 0.564. The molecule has 7 heteroatoms. The lowest BCUT2D eigenvalue weighted by Gasteiger charge is -2.33. The highest BCUT2D eigenvalue weighted by Gasteiger charge is 2.18. The van der Waals surface area contributed by atoms with Crippen molar-refractivity contribution in [1.29, 1.82) is 0 Å². The number of carbonyl (C=O) groups excluding carboxylic acids is 1. The van der Waals surface area contributed by atoms with Gasteiger partial charge < -0.3 is 10.2 Å². The highest BCUT2D eigenvalue weighted by Crippen LogP contribution is 2.30. The number of amides is 1. The number of piperidine rings is 1. The summed E-state index contributed by atoms with van der Waals surface area (Å²) in [7, 11) is 0. The lowest BCUT2D eigenvalue weighted by molar-refractivity contribution is -0.116. The fraction of sp³-hybridized carbons (Fsp3) is 0.474. The Kier molecular flexibility index (Phi) is 6.57. The van der Waals surface area contributed by atoms with Gasteiger partial charge in [-0.15, -0.1) is 0 Å². The van der Waals surface area contributed by atoms with Crippen LogP contribution >= 0.6 is 23.2 Å². The summed E-state index contributed by atoms with van der Waals surface area (Å²) >= 11 is 12.1. The van der Waals surface area contributed by atoms with Gasteiger partial charge in [0.05, 0.1) is 10.7 Å². The number of hydrogen-bond acceptors (Lipinski definition) is 3. The molecule has 1 fully saturated rings. The van der Waals surface area contributed by atoms with E-state index in [1.54, 1.807) is 18.2 Å². The van der Waals surface area contributed by atoms with Crippen LogP contribution in [0.3, 0.4) is 0 Å². The lowest BCUT2D eigenvalue weighted by atomic mass is 10.0. The molecule has 1 aromatic carbocycles. The second-order valence-electron chi connectivity index (χ2n) is 6.82. The van der Waals surface area contributed by atoms with Gasteiger partial charge in [-0.25, -0.2) is 0 Å². The summed E-state index contributed by atoms with van der Waals surface area (Å²) in [4.78, 5) is 14.7. The summed E-state index contributed by atoms with van der Waals surface area (Å²) in [5, 5.41) is 11.0. The van der Waals surface area contributed by atoms with Gasteiger partial charge in [0, 0.05) is 29.1 Å². The average Bonchev–Trinajstić information content (AvgIpc) is 3.04. The van der Waals surface area contributed by atoms with Gasteiger partial charge in [0.1, 0.15) is 5.82 Å². The Labute approximate surface area is 164 Å². The molecule has 1 aliphatic heterocycles. The SMILES string of the molecule is CC1CCCCN1CCCC(=O)Nc1cc(-c2ccc(Cl)cc2Cl)n[nH]1. The molecule has 0 bridgehead atoms. The Morgan fingerprint density at radius 1 is 1.35 bits per heavy atom. The maximum atomic E-state index is 12.2. The number of rotatable bonds is 6. The Balaban J connectivity index is 1.50. The first kappa shape index (κ1) is 19.2. The van der Waals surface area contributed by atoms with E-state index >= 15 is 0 Å². The van der Waals surface area contributed by atoms with Gasteiger partial charge in [-0.05, 0) is 57.5 Å². The molecule has 2 heterocycles. The van der Waals surface area contributed by atoms with Gasteiger partial charge in [-0.3, -0.25) is 9.89 Å². The Morgan fingerprint density at radius 3 is 2.96 bits per heavy atom. The number of hydrogen-bond donors (Lipinski definition) is 2. The number of nitrogens with zero attached hydrogens (tertiary/aromatic N) is 2. The van der Waals surface area contributed by atoms with Crippen molar-refractivity contribution in [3.63, 3.8) is 0 Å². The van der Waals surface area contributed by atoms with Crippen LogP contribution in [0.25, 0.3) is 11.3 Å². The van der Waals surface area contributed by atoms with Gasteiger partial charge in [-0.2, -0.15) is 5.10 Å². The number of H-pyrrole nitrogens is 1. The zero-order valence-corrected chi connectivity index (χ0v) is 16.4. The number of aromatic nitrogens is 2. The van der Waals surface area contributed by atoms with E-state index in [0.29, 0.717) is 34.0 Å². The van der Waals surface area contributed by atoms with Crippen LogP contribution in [0.2, 0.25) is 10.0 Å². The highest BCUT2D eigenvalue weighted by atomic mass is 35.5. The average molecular weight is 395 g/mol. The zero-order valence-electron chi connectivity index (χ0n) is 14.9. The van der Waals surface area contributed by atoms with Crippen molar-refractivity contribution in [2.24, 2.45) is 0 Å². The number of halogens is 2. The van der Waals surface area contributed by atoms with Gasteiger partial charge in [0.2, 0.25) is 5.91 Å². The molecule has 1 saturated heterocycles. The van der Waals surface area contributed by atoms with Crippen LogP contribution in [0.4, 0.5) is 5.82 Å². The van der Waals surface area contributed by atoms with E-state index in [2.05, 4.69) is 27.3 Å². The molecule has 1 aromatic heterocycles. The molecule has 0 radical (unpaired) electrons. The van der Waals surface area contributed by atoms with E-state index < -0.39 is 0 Å². The third kappa shape index (κ3) is 5.00. The molecule has 1 unspecified atom stereocenters. The third-order valence-corrected chi connectivity index (χ3v) is 5.40. The first-order chi connectivity index (χ1) is 12.5. The zero-order chi connectivity index (χ0) is 18.5. The number of carbonyl (C=O) groups is 1. The van der Waals surface area contributed by atoms with Gasteiger partial charge in [0.25, 0.3) is 0 Å². The molecule has 5 nitrogen and oxygen atoms in total. The maximum absolute atomic E-state index is 12.2. The van der Waals surface area contributed by atoms with Crippen molar-refractivity contribution in [1.82, 2.24) is 15.1 Å². The molecule has 1 aliphatic rings. The largest absolute Gasteiger partial charge is 0.311 e. The summed E-state index contributed by atoms with van der Waals surface area (Å²) in [5.41, 5.74) is 1.44. The second kappa shape index (κ2) is 8.89. The van der Waals surface area contributed by atoms with Crippen molar-refractivity contribution in [2.75, 3.05) is 18.4 Å². The number of aromatic amines is 1. The van der Waals surface area contributed by atoms with E-state index in [1.807, 2.05) is 6.07 Å². The Bertz CT molecular complexity index is 762. The minimum absolute atomic E-state index is 0.00735. The van der Waals surface area contributed by atoms with Crippen molar-refractivity contribution in [3.05, 3.63) is 34.3 Å². The smallest absolute Gasteiger partial charge is 0.225 e. The van der Waals surface area contributed by atoms with Gasteiger partial charge in [-0.1, -0.05) is 29.6 Å². The predicted molar refractivity (Wildman–Crippen MR) is 107 cm³/mol. The Hall–Kier alpha value is -1.56. The van der Waals surface area contributed by atoms with Crippen molar-refractivity contribution in [3.8, 4) is 11.3 Å². The minimum Gasteiger partial charge on any atom is -0.311 e. The molecule has 0 aliphatic carbocycles. The molecule has 3 rings (SSSR count). The Morgan fingerprint density at radius 2 is 2.19 bits per heavy atom. The molecule has 26 heavy (non-hydrogen) atoms. The van der Waals surface area contributed by atoms with E-state index in [9.17, 15) is 4.79 Å². The predicted octanol–water partition coefficient (Wildman–Crippen LogP) is 4.98. The molecule has 1 amide bonds. The molecule has 0 spiro atoms. The summed E-state index contributed by atoms with van der Waals surface area (Å²) in [6.07, 6.45) is 5.20. The minimum atomic E-state index is -0.00735. The van der Waals surface area contributed by atoms with Crippen molar-refractivity contribution in [2.45, 2.75) is 45.1 Å². The summed E-state index contributed by atoms with van der Waals surface area (Å²) in [6.45, 7) is 4.39. The van der Waals surface area contributed by atoms with E-state index in [0.717, 1.165) is 25.1 Å². The van der Waals surface area contributed by atoms with Crippen molar-refractivity contribution < 1.29 is 4.79 Å². The van der Waals surface area contributed by atoms with Crippen LogP contribution in [0.15, 0.2) is 24.3 Å². The molecular weight excluding hydrogens is 371 g/mol. The molecular formula is C19H24Cl2N4O. The summed E-state index contributed by atoms with van der Waals surface area (Å²) < 4.78 is 0. The second-order valence-corrected chi connectivity index (χ2v) is 7.67. The maximum Gasteiger partial charge on any atom is 0.225 e. The molecule has 2 aromatic rings. The fourth-order valence-electron chi connectivity index (χ4n) is 3.37. The monoisotopic (exact) mass is 394 g/mol. The topological polar surface area (TPSA) is 61.0 Å². The van der Waals surface area contributed by atoms with Gasteiger partial charge in [0.15, 0.2) is 0 Å². The van der Waals surface area contributed by atoms with E-state index in [-0.39, 0.29) is 5.91 Å². The number of likely N-dealkylation sites (tertiary alicyclic amines) is 1. The van der Waals surface area contributed by atoms with Crippen LogP contribution in [-0.4, -0.2) is 40.1 Å². The third-order valence-electron chi connectivity index (χ3n) is 4.85. The standard InChI is InChI=1S/C19H24Cl2N4O/c1-13-5-2-3-9-25(13)10-4-6-19(26)22-18-12-17(23-24-18)15-8-7-14(20)11-16(15)21/h7-8,11-13H,2-6,9-10H2,1H3,(H2,22,23,24,26).